The van der Waals surface area contributed by atoms with Gasteiger partial charge in [-0.1, -0.05) is 38.3 Å². The van der Waals surface area contributed by atoms with Gasteiger partial charge in [-0.05, 0) is 85.0 Å². The van der Waals surface area contributed by atoms with E-state index in [2.05, 4.69) is 19.9 Å². The topological polar surface area (TPSA) is 26.3 Å². The average Bonchev–Trinajstić information content (AvgIpc) is 3.16. The summed E-state index contributed by atoms with van der Waals surface area (Å²) >= 11 is 0. The SMILES string of the molecule is C[C@]12CC[C@H]3[C@@H](CCC4CCCC[C@@]43C)C1=CC[C@@H]2C1=CC(=O)OC1. The first-order valence-electron chi connectivity index (χ1n) is 10.6. The monoisotopic (exact) mass is 340 g/mol. The summed E-state index contributed by atoms with van der Waals surface area (Å²) in [7, 11) is 0. The third kappa shape index (κ3) is 2.18. The minimum atomic E-state index is -0.129. The molecule has 0 saturated heterocycles. The second-order valence-electron chi connectivity index (χ2n) is 9.97. The molecule has 2 heteroatoms. The highest BCUT2D eigenvalue weighted by atomic mass is 16.5. The highest BCUT2D eigenvalue weighted by molar-refractivity contribution is 5.85. The van der Waals surface area contributed by atoms with E-state index < -0.39 is 0 Å². The number of esters is 1. The van der Waals surface area contributed by atoms with Crippen molar-refractivity contribution in [3.05, 3.63) is 23.3 Å². The Hall–Kier alpha value is -1.05. The van der Waals surface area contributed by atoms with Gasteiger partial charge < -0.3 is 4.74 Å². The van der Waals surface area contributed by atoms with Crippen LogP contribution < -0.4 is 0 Å². The number of ether oxygens (including phenoxy) is 1. The van der Waals surface area contributed by atoms with E-state index in [1.54, 1.807) is 11.6 Å². The zero-order valence-electron chi connectivity index (χ0n) is 15.9. The largest absolute Gasteiger partial charge is 0.458 e. The minimum Gasteiger partial charge on any atom is -0.458 e. The summed E-state index contributed by atoms with van der Waals surface area (Å²) in [6.45, 7) is 5.66. The summed E-state index contributed by atoms with van der Waals surface area (Å²) in [5.41, 5.74) is 3.89. The molecule has 0 aromatic carbocycles. The maximum absolute atomic E-state index is 11.6. The van der Waals surface area contributed by atoms with Crippen LogP contribution in [-0.4, -0.2) is 12.6 Å². The fourth-order valence-corrected chi connectivity index (χ4v) is 7.78. The molecular formula is C23H32O2. The molecule has 0 aromatic rings. The van der Waals surface area contributed by atoms with Gasteiger partial charge in [0.25, 0.3) is 0 Å². The Bertz CT molecular complexity index is 659. The van der Waals surface area contributed by atoms with Crippen LogP contribution in [0, 0.1) is 34.5 Å². The quantitative estimate of drug-likeness (QED) is 0.469. The predicted octanol–water partition coefficient (Wildman–Crippen LogP) is 5.44. The van der Waals surface area contributed by atoms with Gasteiger partial charge in [0.15, 0.2) is 0 Å². The third-order valence-corrected chi connectivity index (χ3v) is 9.12. The Balaban J connectivity index is 1.45. The highest BCUT2D eigenvalue weighted by Crippen LogP contribution is 2.66. The van der Waals surface area contributed by atoms with E-state index in [4.69, 9.17) is 4.74 Å². The number of rotatable bonds is 1. The molecular weight excluding hydrogens is 308 g/mol. The molecule has 1 unspecified atom stereocenters. The molecule has 2 nitrogen and oxygen atoms in total. The van der Waals surface area contributed by atoms with Gasteiger partial charge in [-0.15, -0.1) is 0 Å². The van der Waals surface area contributed by atoms with Crippen LogP contribution in [0.1, 0.15) is 71.6 Å². The second kappa shape index (κ2) is 5.47. The first kappa shape index (κ1) is 16.1. The fraction of sp³-hybridized carbons (Fsp3) is 0.783. The molecule has 0 spiro atoms. The minimum absolute atomic E-state index is 0.129. The molecule has 0 bridgehead atoms. The van der Waals surface area contributed by atoms with Crippen molar-refractivity contribution in [1.29, 1.82) is 0 Å². The number of hydrogen-bond donors (Lipinski definition) is 0. The van der Waals surface area contributed by atoms with Crippen molar-refractivity contribution in [3.63, 3.8) is 0 Å². The normalized spacial score (nSPS) is 48.8. The van der Waals surface area contributed by atoms with Crippen molar-refractivity contribution < 1.29 is 9.53 Å². The molecule has 0 amide bonds. The van der Waals surface area contributed by atoms with Crippen LogP contribution in [0.15, 0.2) is 23.3 Å². The number of carbonyl (C=O) groups is 1. The van der Waals surface area contributed by atoms with Gasteiger partial charge in [-0.25, -0.2) is 4.79 Å². The van der Waals surface area contributed by atoms with E-state index in [-0.39, 0.29) is 11.4 Å². The molecule has 3 fully saturated rings. The molecule has 4 aliphatic carbocycles. The Morgan fingerprint density at radius 2 is 1.96 bits per heavy atom. The molecule has 0 aromatic heterocycles. The maximum atomic E-state index is 11.6. The zero-order valence-corrected chi connectivity index (χ0v) is 15.9. The van der Waals surface area contributed by atoms with Crippen LogP contribution in [0.25, 0.3) is 0 Å². The van der Waals surface area contributed by atoms with Crippen LogP contribution >= 0.6 is 0 Å². The van der Waals surface area contributed by atoms with Crippen LogP contribution in [0.4, 0.5) is 0 Å². The summed E-state index contributed by atoms with van der Waals surface area (Å²) in [6, 6.07) is 0. The van der Waals surface area contributed by atoms with Crippen molar-refractivity contribution in [2.75, 3.05) is 6.61 Å². The lowest BCUT2D eigenvalue weighted by molar-refractivity contribution is -0.135. The molecule has 25 heavy (non-hydrogen) atoms. The van der Waals surface area contributed by atoms with E-state index in [9.17, 15) is 4.79 Å². The number of fused-ring (bicyclic) bond motifs is 5. The Morgan fingerprint density at radius 1 is 1.08 bits per heavy atom. The summed E-state index contributed by atoms with van der Waals surface area (Å²) in [6.07, 6.45) is 16.9. The third-order valence-electron chi connectivity index (χ3n) is 9.12. The summed E-state index contributed by atoms with van der Waals surface area (Å²) in [4.78, 5) is 11.6. The molecule has 0 N–H and O–H groups in total. The van der Waals surface area contributed by atoms with E-state index in [0.29, 0.717) is 17.9 Å². The van der Waals surface area contributed by atoms with E-state index in [0.717, 1.165) is 24.2 Å². The van der Waals surface area contributed by atoms with Gasteiger partial charge >= 0.3 is 5.97 Å². The summed E-state index contributed by atoms with van der Waals surface area (Å²) < 4.78 is 5.24. The number of cyclic esters (lactones) is 1. The van der Waals surface area contributed by atoms with Crippen molar-refractivity contribution in [3.8, 4) is 0 Å². The van der Waals surface area contributed by atoms with Gasteiger partial charge in [0, 0.05) is 6.08 Å². The average molecular weight is 341 g/mol. The smallest absolute Gasteiger partial charge is 0.331 e. The zero-order chi connectivity index (χ0) is 17.2. The molecule has 136 valence electrons. The van der Waals surface area contributed by atoms with Gasteiger partial charge in [0.05, 0.1) is 0 Å². The highest BCUT2D eigenvalue weighted by Gasteiger charge is 2.57. The molecule has 0 radical (unpaired) electrons. The van der Waals surface area contributed by atoms with Gasteiger partial charge in [-0.3, -0.25) is 0 Å². The number of carbonyl (C=O) groups excluding carboxylic acids is 1. The van der Waals surface area contributed by atoms with Gasteiger partial charge in [0.2, 0.25) is 0 Å². The Morgan fingerprint density at radius 3 is 2.76 bits per heavy atom. The molecule has 3 saturated carbocycles. The van der Waals surface area contributed by atoms with Crippen molar-refractivity contribution in [2.24, 2.45) is 34.5 Å². The predicted molar refractivity (Wildman–Crippen MR) is 98.9 cm³/mol. The fourth-order valence-electron chi connectivity index (χ4n) is 7.78. The summed E-state index contributed by atoms with van der Waals surface area (Å²) in [5, 5.41) is 0. The van der Waals surface area contributed by atoms with Crippen LogP contribution in [0.2, 0.25) is 0 Å². The van der Waals surface area contributed by atoms with Crippen molar-refractivity contribution >= 4 is 5.97 Å². The van der Waals surface area contributed by atoms with Gasteiger partial charge in [-0.2, -0.15) is 0 Å². The number of hydrogen-bond acceptors (Lipinski definition) is 2. The molecule has 5 rings (SSSR count). The van der Waals surface area contributed by atoms with Crippen LogP contribution in [0.3, 0.4) is 0 Å². The first-order chi connectivity index (χ1) is 12.0. The molecule has 1 aliphatic heterocycles. The lowest BCUT2D eigenvalue weighted by Gasteiger charge is -2.59. The standard InChI is InChI=1S/C23H32O2/c1-22-11-4-3-5-16(22)6-7-17-19-9-8-18(15-13-21(24)25-14-15)23(19,2)12-10-20(17)22/h9,13,16-18,20H,3-8,10-12,14H2,1-2H3/t16?,17-,18+,20-,22-,23+/m0/s1. The summed E-state index contributed by atoms with van der Waals surface area (Å²) in [5.74, 6) is 3.07. The van der Waals surface area contributed by atoms with Crippen molar-refractivity contribution in [2.45, 2.75) is 71.6 Å². The first-order valence-corrected chi connectivity index (χ1v) is 10.6. The lowest BCUT2D eigenvalue weighted by atomic mass is 9.46. The van der Waals surface area contributed by atoms with Crippen LogP contribution in [-0.2, 0) is 9.53 Å². The van der Waals surface area contributed by atoms with Gasteiger partial charge in [0.1, 0.15) is 6.61 Å². The second-order valence-corrected chi connectivity index (χ2v) is 9.97. The van der Waals surface area contributed by atoms with E-state index >= 15 is 0 Å². The number of allylic oxidation sites excluding steroid dienone is 2. The molecule has 6 atom stereocenters. The van der Waals surface area contributed by atoms with Crippen LogP contribution in [0.5, 0.6) is 0 Å². The lowest BCUT2D eigenvalue weighted by Crippen LogP contribution is -2.50. The van der Waals surface area contributed by atoms with Crippen molar-refractivity contribution in [1.82, 2.24) is 0 Å². The molecule has 5 aliphatic rings. The Labute approximate surface area is 152 Å². The maximum Gasteiger partial charge on any atom is 0.331 e. The van der Waals surface area contributed by atoms with E-state index in [1.807, 2.05) is 0 Å². The van der Waals surface area contributed by atoms with E-state index in [1.165, 1.54) is 56.9 Å². The Kier molecular flexibility index (Phi) is 3.53. The molecule has 1 heterocycles.